The second-order valence-electron chi connectivity index (χ2n) is 6.17. The smallest absolute Gasteiger partial charge is 0.274 e. The number of nitrogens with zero attached hydrogens (tertiary/aromatic N) is 2. The van der Waals surface area contributed by atoms with Crippen LogP contribution < -0.4 is 0 Å². The number of amides is 1. The van der Waals surface area contributed by atoms with Gasteiger partial charge < -0.3 is 4.42 Å². The van der Waals surface area contributed by atoms with E-state index in [9.17, 15) is 4.79 Å². The van der Waals surface area contributed by atoms with Crippen LogP contribution in [-0.2, 0) is 0 Å². The highest BCUT2D eigenvalue weighted by Crippen LogP contribution is 2.33. The molecule has 0 unspecified atom stereocenters. The fourth-order valence-electron chi connectivity index (χ4n) is 3.05. The first-order chi connectivity index (χ1) is 12.2. The quantitative estimate of drug-likeness (QED) is 0.705. The Morgan fingerprint density at radius 2 is 1.80 bits per heavy atom. The van der Waals surface area contributed by atoms with Gasteiger partial charge in [-0.1, -0.05) is 48.0 Å². The summed E-state index contributed by atoms with van der Waals surface area (Å²) in [5.74, 6) is 0.607. The van der Waals surface area contributed by atoms with E-state index in [0.717, 1.165) is 16.8 Å². The summed E-state index contributed by atoms with van der Waals surface area (Å²) in [6.07, 6.45) is 2.26. The molecule has 0 radical (unpaired) electrons. The second kappa shape index (κ2) is 6.40. The van der Waals surface area contributed by atoms with E-state index < -0.39 is 0 Å². The summed E-state index contributed by atoms with van der Waals surface area (Å²) >= 11 is 0. The molecule has 0 spiro atoms. The summed E-state index contributed by atoms with van der Waals surface area (Å²) in [5.41, 5.74) is 3.61. The molecule has 1 amide bonds. The van der Waals surface area contributed by atoms with Crippen molar-refractivity contribution in [1.29, 1.82) is 0 Å². The summed E-state index contributed by atoms with van der Waals surface area (Å²) in [5, 5.41) is 6.17. The Morgan fingerprint density at radius 1 is 1.04 bits per heavy atom. The van der Waals surface area contributed by atoms with Crippen LogP contribution in [0.1, 0.15) is 39.7 Å². The van der Waals surface area contributed by atoms with Gasteiger partial charge >= 0.3 is 0 Å². The Balaban J connectivity index is 1.71. The number of aryl methyl sites for hydroxylation is 1. The van der Waals surface area contributed by atoms with Crippen molar-refractivity contribution >= 4 is 11.6 Å². The van der Waals surface area contributed by atoms with Crippen LogP contribution in [0.5, 0.6) is 0 Å². The van der Waals surface area contributed by atoms with Crippen molar-refractivity contribution in [2.45, 2.75) is 19.4 Å². The third-order valence-electron chi connectivity index (χ3n) is 4.41. The van der Waals surface area contributed by atoms with Crippen molar-refractivity contribution in [2.24, 2.45) is 5.10 Å². The van der Waals surface area contributed by atoms with Crippen LogP contribution in [-0.4, -0.2) is 16.6 Å². The van der Waals surface area contributed by atoms with Crippen molar-refractivity contribution in [3.63, 3.8) is 0 Å². The summed E-state index contributed by atoms with van der Waals surface area (Å²) in [6.45, 7) is 2.00. The number of rotatable bonds is 3. The molecular formula is C21H18N2O2. The highest BCUT2D eigenvalue weighted by atomic mass is 16.3. The zero-order chi connectivity index (χ0) is 17.2. The molecule has 0 saturated heterocycles. The largest absolute Gasteiger partial charge is 0.463 e. The van der Waals surface area contributed by atoms with Gasteiger partial charge in [-0.15, -0.1) is 0 Å². The van der Waals surface area contributed by atoms with E-state index in [2.05, 4.69) is 5.10 Å². The van der Waals surface area contributed by atoms with E-state index in [1.165, 1.54) is 0 Å². The average molecular weight is 330 g/mol. The van der Waals surface area contributed by atoms with Crippen LogP contribution in [0.4, 0.5) is 0 Å². The Morgan fingerprint density at radius 3 is 2.48 bits per heavy atom. The molecule has 25 heavy (non-hydrogen) atoms. The number of benzene rings is 2. The molecule has 0 N–H and O–H groups in total. The van der Waals surface area contributed by atoms with Gasteiger partial charge in [0.25, 0.3) is 5.91 Å². The Bertz CT molecular complexity index is 897. The standard InChI is InChI=1S/C21H18N2O2/c1-15-9-11-17(12-10-15)21(24)23-19(16-6-3-2-4-7-16)14-18(22-23)20-8-5-13-25-20/h2-13,19H,14H2,1H3/t19-/m0/s1. The molecule has 0 saturated carbocycles. The molecule has 0 fully saturated rings. The lowest BCUT2D eigenvalue weighted by Gasteiger charge is -2.22. The Kier molecular flexibility index (Phi) is 3.94. The molecule has 4 nitrogen and oxygen atoms in total. The summed E-state index contributed by atoms with van der Waals surface area (Å²) in [7, 11) is 0. The van der Waals surface area contributed by atoms with Gasteiger partial charge in [0.05, 0.1) is 12.3 Å². The highest BCUT2D eigenvalue weighted by molar-refractivity contribution is 6.03. The molecule has 0 aliphatic carbocycles. The van der Waals surface area contributed by atoms with E-state index in [4.69, 9.17) is 4.42 Å². The highest BCUT2D eigenvalue weighted by Gasteiger charge is 2.34. The number of hydrazone groups is 1. The van der Waals surface area contributed by atoms with Crippen molar-refractivity contribution in [2.75, 3.05) is 0 Å². The van der Waals surface area contributed by atoms with Crippen LogP contribution >= 0.6 is 0 Å². The monoisotopic (exact) mass is 330 g/mol. The first kappa shape index (κ1) is 15.4. The third kappa shape index (κ3) is 2.98. The maximum Gasteiger partial charge on any atom is 0.274 e. The number of carbonyl (C=O) groups is 1. The molecule has 1 aliphatic heterocycles. The molecule has 1 aromatic heterocycles. The number of hydrogen-bond donors (Lipinski definition) is 0. The molecule has 0 bridgehead atoms. The summed E-state index contributed by atoms with van der Waals surface area (Å²) in [6, 6.07) is 21.1. The van der Waals surface area contributed by atoms with Crippen molar-refractivity contribution in [3.05, 3.63) is 95.4 Å². The van der Waals surface area contributed by atoms with E-state index in [1.807, 2.05) is 73.7 Å². The van der Waals surface area contributed by atoms with Crippen LogP contribution in [0.3, 0.4) is 0 Å². The lowest BCUT2D eigenvalue weighted by molar-refractivity contribution is 0.0711. The second-order valence-corrected chi connectivity index (χ2v) is 6.17. The fraction of sp³-hybridized carbons (Fsp3) is 0.143. The van der Waals surface area contributed by atoms with E-state index in [0.29, 0.717) is 17.7 Å². The molecule has 124 valence electrons. The maximum absolute atomic E-state index is 13.0. The normalized spacial score (nSPS) is 16.8. The molecule has 4 heteroatoms. The summed E-state index contributed by atoms with van der Waals surface area (Å²) in [4.78, 5) is 13.0. The van der Waals surface area contributed by atoms with Crippen LogP contribution in [0, 0.1) is 6.92 Å². The van der Waals surface area contributed by atoms with Gasteiger partial charge in [0.15, 0.2) is 0 Å². The minimum Gasteiger partial charge on any atom is -0.463 e. The Hall–Kier alpha value is -3.14. The van der Waals surface area contributed by atoms with Crippen molar-refractivity contribution in [1.82, 2.24) is 5.01 Å². The topological polar surface area (TPSA) is 45.8 Å². The molecule has 4 rings (SSSR count). The van der Waals surface area contributed by atoms with Gasteiger partial charge in [-0.25, -0.2) is 5.01 Å². The van der Waals surface area contributed by atoms with Gasteiger partial charge in [0.1, 0.15) is 11.5 Å². The van der Waals surface area contributed by atoms with Gasteiger partial charge in [-0.2, -0.15) is 5.10 Å². The van der Waals surface area contributed by atoms with Gasteiger partial charge in [-0.05, 0) is 36.8 Å². The molecule has 3 aromatic rings. The minimum absolute atomic E-state index is 0.101. The zero-order valence-electron chi connectivity index (χ0n) is 13.9. The predicted molar refractivity (Wildman–Crippen MR) is 96.4 cm³/mol. The number of hydrogen-bond acceptors (Lipinski definition) is 3. The molecule has 1 aliphatic rings. The van der Waals surface area contributed by atoms with Crippen LogP contribution in [0.25, 0.3) is 0 Å². The van der Waals surface area contributed by atoms with Gasteiger partial charge in [0.2, 0.25) is 0 Å². The van der Waals surface area contributed by atoms with Crippen molar-refractivity contribution < 1.29 is 9.21 Å². The van der Waals surface area contributed by atoms with Crippen LogP contribution in [0.15, 0.2) is 82.5 Å². The van der Waals surface area contributed by atoms with Crippen LogP contribution in [0.2, 0.25) is 0 Å². The lowest BCUT2D eigenvalue weighted by Crippen LogP contribution is -2.27. The molecule has 2 aromatic carbocycles. The van der Waals surface area contributed by atoms with Crippen molar-refractivity contribution in [3.8, 4) is 0 Å². The van der Waals surface area contributed by atoms with Gasteiger partial charge in [-0.3, -0.25) is 4.79 Å². The van der Waals surface area contributed by atoms with E-state index in [1.54, 1.807) is 11.3 Å². The first-order valence-electron chi connectivity index (χ1n) is 8.29. The third-order valence-corrected chi connectivity index (χ3v) is 4.41. The first-order valence-corrected chi connectivity index (χ1v) is 8.29. The number of furan rings is 1. The average Bonchev–Trinajstić information content (AvgIpc) is 3.32. The molecule has 2 heterocycles. The predicted octanol–water partition coefficient (Wildman–Crippen LogP) is 4.58. The Labute approximate surface area is 146 Å². The minimum atomic E-state index is -0.130. The molecular weight excluding hydrogens is 312 g/mol. The SMILES string of the molecule is Cc1ccc(C(=O)N2N=C(c3ccco3)C[C@H]2c2ccccc2)cc1. The van der Waals surface area contributed by atoms with E-state index >= 15 is 0 Å². The maximum atomic E-state index is 13.0. The molecule has 1 atom stereocenters. The summed E-state index contributed by atoms with van der Waals surface area (Å²) < 4.78 is 5.48. The number of carbonyl (C=O) groups excluding carboxylic acids is 1. The zero-order valence-corrected chi connectivity index (χ0v) is 13.9. The van der Waals surface area contributed by atoms with E-state index in [-0.39, 0.29) is 11.9 Å². The fourth-order valence-corrected chi connectivity index (χ4v) is 3.05. The lowest BCUT2D eigenvalue weighted by atomic mass is 10.0. The van der Waals surface area contributed by atoms with Gasteiger partial charge in [0, 0.05) is 12.0 Å².